The van der Waals surface area contributed by atoms with E-state index in [9.17, 15) is 9.59 Å². The lowest BCUT2D eigenvalue weighted by atomic mass is 10.4. The number of methoxy groups -OCH3 is 1. The zero-order valence-corrected chi connectivity index (χ0v) is 13.4. The fourth-order valence-corrected chi connectivity index (χ4v) is 1.75. The lowest BCUT2D eigenvalue weighted by molar-refractivity contribution is 0.101. The molecule has 2 rings (SSSR count). The van der Waals surface area contributed by atoms with Crippen molar-refractivity contribution in [3.05, 3.63) is 30.0 Å². The van der Waals surface area contributed by atoms with Crippen LogP contribution in [-0.4, -0.2) is 47.6 Å². The molecule has 0 saturated heterocycles. The van der Waals surface area contributed by atoms with Gasteiger partial charge in [0.1, 0.15) is 5.82 Å². The Morgan fingerprint density at radius 3 is 2.36 bits per heavy atom. The third-order valence-corrected chi connectivity index (χ3v) is 2.76. The second-order valence-corrected chi connectivity index (χ2v) is 4.56. The molecule has 0 unspecified atom stereocenters. The summed E-state index contributed by atoms with van der Waals surface area (Å²) < 4.78 is 7.52. The summed E-state index contributed by atoms with van der Waals surface area (Å²) in [6.07, 6.45) is 4.12. The largest absolute Gasteiger partial charge is 0.388 e. The number of hydrogen-bond donors (Lipinski definition) is 2. The molecule has 0 aliphatic rings. The second-order valence-electron chi connectivity index (χ2n) is 4.56. The van der Waals surface area contributed by atoms with Gasteiger partial charge in [0.15, 0.2) is 6.29 Å². The highest BCUT2D eigenvalue weighted by molar-refractivity contribution is 6.02. The van der Waals surface area contributed by atoms with Gasteiger partial charge in [0, 0.05) is 47.8 Å². The number of nitrogens with zero attached hydrogens (tertiary/aromatic N) is 3. The summed E-state index contributed by atoms with van der Waals surface area (Å²) in [5.74, 6) is 0.585. The number of amides is 1. The van der Waals surface area contributed by atoms with E-state index in [1.54, 1.807) is 63.0 Å². The Hall–Kier alpha value is -2.61. The smallest absolute Gasteiger partial charge is 0.291 e. The first-order valence-electron chi connectivity index (χ1n) is 6.50. The van der Waals surface area contributed by atoms with Crippen LogP contribution in [0.15, 0.2) is 18.5 Å². The molecule has 0 atom stereocenters. The molecule has 22 heavy (non-hydrogen) atoms. The molecule has 0 bridgehead atoms. The third-order valence-electron chi connectivity index (χ3n) is 2.76. The molecule has 2 aromatic rings. The molecule has 0 saturated carbocycles. The van der Waals surface area contributed by atoms with E-state index in [0.717, 1.165) is 6.29 Å². The quantitative estimate of drug-likeness (QED) is 0.826. The van der Waals surface area contributed by atoms with Crippen molar-refractivity contribution in [2.45, 2.75) is 0 Å². The first-order chi connectivity index (χ1) is 10.5. The van der Waals surface area contributed by atoms with Gasteiger partial charge in [-0.3, -0.25) is 9.59 Å². The van der Waals surface area contributed by atoms with E-state index in [1.807, 2.05) is 0 Å². The maximum absolute atomic E-state index is 12.1. The molecular formula is C14H21N5O3. The van der Waals surface area contributed by atoms with Crippen LogP contribution < -0.4 is 10.6 Å². The summed E-state index contributed by atoms with van der Waals surface area (Å²) >= 11 is 0. The van der Waals surface area contributed by atoms with Crippen molar-refractivity contribution < 1.29 is 14.3 Å². The number of aldehydes is 1. The summed E-state index contributed by atoms with van der Waals surface area (Å²) in [7, 11) is 8.46. The van der Waals surface area contributed by atoms with Gasteiger partial charge in [0.05, 0.1) is 11.4 Å². The van der Waals surface area contributed by atoms with E-state index in [4.69, 9.17) is 0 Å². The minimum atomic E-state index is -0.327. The molecule has 0 aliphatic heterocycles. The van der Waals surface area contributed by atoms with Crippen LogP contribution in [0.4, 0.5) is 11.5 Å². The Kier molecular flexibility index (Phi) is 6.33. The van der Waals surface area contributed by atoms with E-state index >= 15 is 0 Å². The number of nitrogens with one attached hydrogen (secondary N) is 2. The fourth-order valence-electron chi connectivity index (χ4n) is 1.75. The summed E-state index contributed by atoms with van der Waals surface area (Å²) in [6, 6.07) is 1.60. The van der Waals surface area contributed by atoms with Crippen LogP contribution in [0.25, 0.3) is 0 Å². The van der Waals surface area contributed by atoms with Crippen molar-refractivity contribution in [2.24, 2.45) is 14.1 Å². The van der Waals surface area contributed by atoms with Crippen molar-refractivity contribution in [2.75, 3.05) is 31.9 Å². The molecule has 1 amide bonds. The van der Waals surface area contributed by atoms with Crippen LogP contribution in [0.1, 0.15) is 21.1 Å². The predicted octanol–water partition coefficient (Wildman–Crippen LogP) is 1.13. The van der Waals surface area contributed by atoms with E-state index in [-0.39, 0.29) is 5.91 Å². The van der Waals surface area contributed by atoms with Crippen LogP contribution in [0.3, 0.4) is 0 Å². The van der Waals surface area contributed by atoms with E-state index in [2.05, 4.69) is 20.4 Å². The van der Waals surface area contributed by atoms with Crippen molar-refractivity contribution >= 4 is 23.7 Å². The number of aromatic nitrogens is 3. The van der Waals surface area contributed by atoms with Gasteiger partial charge in [-0.05, 0) is 6.07 Å². The van der Waals surface area contributed by atoms with Crippen LogP contribution in [0.5, 0.6) is 0 Å². The van der Waals surface area contributed by atoms with Gasteiger partial charge in [0.2, 0.25) is 5.82 Å². The van der Waals surface area contributed by atoms with Gasteiger partial charge in [-0.2, -0.15) is 0 Å². The summed E-state index contributed by atoms with van der Waals surface area (Å²) in [4.78, 5) is 26.9. The van der Waals surface area contributed by atoms with Gasteiger partial charge in [-0.1, -0.05) is 0 Å². The Morgan fingerprint density at radius 2 is 1.91 bits per heavy atom. The average Bonchev–Trinajstić information content (AvgIpc) is 3.02. The number of rotatable bonds is 4. The molecule has 0 fully saturated rings. The maximum atomic E-state index is 12.1. The summed E-state index contributed by atoms with van der Waals surface area (Å²) in [6.45, 7) is 0. The monoisotopic (exact) mass is 307 g/mol. The van der Waals surface area contributed by atoms with Crippen LogP contribution in [0, 0.1) is 0 Å². The molecule has 8 heteroatoms. The van der Waals surface area contributed by atoms with Crippen LogP contribution in [-0.2, 0) is 18.8 Å². The van der Waals surface area contributed by atoms with Crippen molar-refractivity contribution in [3.63, 3.8) is 0 Å². The number of hydrogen-bond acceptors (Lipinski definition) is 5. The first-order valence-corrected chi connectivity index (χ1v) is 6.50. The normalized spacial score (nSPS) is 9.68. The van der Waals surface area contributed by atoms with Crippen molar-refractivity contribution in [1.29, 1.82) is 0 Å². The SMILES string of the molecule is CNc1cn(C)c(C(=O)Nc2cc(C=O)n(C)c2)n1.COC. The molecule has 0 aliphatic carbocycles. The van der Waals surface area contributed by atoms with Gasteiger partial charge in [-0.25, -0.2) is 4.98 Å². The molecule has 2 N–H and O–H groups in total. The average molecular weight is 307 g/mol. The van der Waals surface area contributed by atoms with Crippen LogP contribution >= 0.6 is 0 Å². The number of imidazole rings is 1. The predicted molar refractivity (Wildman–Crippen MR) is 84.4 cm³/mol. The standard InChI is InChI=1S/C12H15N5O2.C2H6O/c1-13-10-6-17(3)11(15-10)12(19)14-8-4-9(7-18)16(2)5-8;1-3-2/h4-7,13H,1-3H3,(H,14,19);1-2H3. The number of ether oxygens (including phenoxy) is 1. The minimum absolute atomic E-state index is 0.292. The van der Waals surface area contributed by atoms with Gasteiger partial charge in [0.25, 0.3) is 5.91 Å². The van der Waals surface area contributed by atoms with Gasteiger partial charge < -0.3 is 24.5 Å². The Morgan fingerprint density at radius 1 is 1.27 bits per heavy atom. The fraction of sp³-hybridized carbons (Fsp3) is 0.357. The number of carbonyl (C=O) groups excluding carboxylic acids is 2. The molecule has 2 heterocycles. The van der Waals surface area contributed by atoms with Gasteiger partial charge >= 0.3 is 0 Å². The first kappa shape index (κ1) is 17.4. The molecular weight excluding hydrogens is 286 g/mol. The summed E-state index contributed by atoms with van der Waals surface area (Å²) in [5.41, 5.74) is 1.05. The molecule has 2 aromatic heterocycles. The zero-order valence-electron chi connectivity index (χ0n) is 13.4. The lowest BCUT2D eigenvalue weighted by Crippen LogP contribution is -2.16. The van der Waals surface area contributed by atoms with E-state index in [1.165, 1.54) is 0 Å². The lowest BCUT2D eigenvalue weighted by Gasteiger charge is -2.01. The highest BCUT2D eigenvalue weighted by Gasteiger charge is 2.14. The molecule has 120 valence electrons. The topological polar surface area (TPSA) is 90.2 Å². The zero-order chi connectivity index (χ0) is 16.7. The van der Waals surface area contributed by atoms with Crippen molar-refractivity contribution in [1.82, 2.24) is 14.1 Å². The number of aryl methyl sites for hydroxylation is 2. The Bertz CT molecular complexity index is 645. The Balaban J connectivity index is 0.000000745. The number of carbonyl (C=O) groups is 2. The second kappa shape index (κ2) is 7.99. The molecule has 8 nitrogen and oxygen atoms in total. The highest BCUT2D eigenvalue weighted by Crippen LogP contribution is 2.13. The highest BCUT2D eigenvalue weighted by atomic mass is 16.4. The van der Waals surface area contributed by atoms with E-state index in [0.29, 0.717) is 23.0 Å². The van der Waals surface area contributed by atoms with Crippen molar-refractivity contribution in [3.8, 4) is 0 Å². The number of anilines is 2. The molecule has 0 spiro atoms. The molecule has 0 radical (unpaired) electrons. The Labute approximate surface area is 129 Å². The van der Waals surface area contributed by atoms with Crippen LogP contribution in [0.2, 0.25) is 0 Å². The molecule has 0 aromatic carbocycles. The maximum Gasteiger partial charge on any atom is 0.291 e. The summed E-state index contributed by atoms with van der Waals surface area (Å²) in [5, 5.41) is 5.57. The van der Waals surface area contributed by atoms with Gasteiger partial charge in [-0.15, -0.1) is 0 Å². The minimum Gasteiger partial charge on any atom is -0.388 e. The van der Waals surface area contributed by atoms with E-state index < -0.39 is 0 Å². The third kappa shape index (κ3) is 4.19.